The molecule has 0 heterocycles. The fourth-order valence-corrected chi connectivity index (χ4v) is 2.16. The Hall–Kier alpha value is -2.84. The van der Waals surface area contributed by atoms with Crippen molar-refractivity contribution in [2.75, 3.05) is 5.32 Å². The molecule has 0 aliphatic heterocycles. The minimum Gasteiger partial charge on any atom is -0.425 e. The Labute approximate surface area is 158 Å². The summed E-state index contributed by atoms with van der Waals surface area (Å²) in [5.41, 5.74) is 0.570. The molecule has 28 heavy (non-hydrogen) atoms. The number of nitrogens with one attached hydrogen (secondary N) is 1. The van der Waals surface area contributed by atoms with Crippen molar-refractivity contribution in [3.8, 4) is 11.5 Å². The van der Waals surface area contributed by atoms with Crippen LogP contribution >= 0.6 is 0 Å². The highest BCUT2D eigenvalue weighted by atomic mass is 19.4. The first kappa shape index (κ1) is 21.5. The largest absolute Gasteiger partial charge is 0.573 e. The number of ether oxygens (including phenoxy) is 2. The monoisotopic (exact) mass is 403 g/mol. The molecule has 4 nitrogen and oxygen atoms in total. The Morgan fingerprint density at radius 2 is 1.25 bits per heavy atom. The van der Waals surface area contributed by atoms with E-state index in [0.29, 0.717) is 0 Å². The Balaban J connectivity index is 2.02. The molecule has 0 aliphatic carbocycles. The predicted molar refractivity (Wildman–Crippen MR) is 92.5 cm³/mol. The number of amides is 1. The van der Waals surface area contributed by atoms with Crippen LogP contribution in [0.4, 0.5) is 27.6 Å². The van der Waals surface area contributed by atoms with Gasteiger partial charge in [0, 0.05) is 5.69 Å². The fourth-order valence-electron chi connectivity index (χ4n) is 2.16. The van der Waals surface area contributed by atoms with Gasteiger partial charge in [-0.25, -0.2) is 0 Å². The fraction of sp³-hybridized carbons (Fsp3) is 0.316. The number of hydrogen-bond donors (Lipinski definition) is 1. The van der Waals surface area contributed by atoms with Gasteiger partial charge in [0.25, 0.3) is 0 Å². The molecular weight excluding hydrogens is 385 g/mol. The number of anilines is 1. The van der Waals surface area contributed by atoms with E-state index in [-0.39, 0.29) is 16.9 Å². The molecule has 0 fully saturated rings. The van der Waals surface area contributed by atoms with Gasteiger partial charge in [-0.05, 0) is 47.4 Å². The van der Waals surface area contributed by atoms with Crippen molar-refractivity contribution in [1.29, 1.82) is 0 Å². The van der Waals surface area contributed by atoms with E-state index in [2.05, 4.69) is 9.47 Å². The minimum atomic E-state index is -4.88. The van der Waals surface area contributed by atoms with Crippen LogP contribution in [0.25, 0.3) is 0 Å². The molecule has 0 unspecified atom stereocenters. The molecule has 0 bridgehead atoms. The van der Waals surface area contributed by atoms with Gasteiger partial charge in [0.1, 0.15) is 11.5 Å². The van der Waals surface area contributed by atoms with Crippen LogP contribution < -0.4 is 14.8 Å². The lowest BCUT2D eigenvalue weighted by Crippen LogP contribution is -2.40. The summed E-state index contributed by atoms with van der Waals surface area (Å²) in [7, 11) is 0. The maximum absolute atomic E-state index is 14.0. The van der Waals surface area contributed by atoms with Gasteiger partial charge in [-0.1, -0.05) is 32.9 Å². The van der Waals surface area contributed by atoms with E-state index in [9.17, 15) is 26.7 Å². The number of carbonyl (C=O) groups is 1. The van der Waals surface area contributed by atoms with Crippen LogP contribution in [0.2, 0.25) is 0 Å². The van der Waals surface area contributed by atoms with E-state index in [1.807, 2.05) is 26.1 Å². The summed E-state index contributed by atoms with van der Waals surface area (Å²) in [6.07, 6.45) is -9.07. The summed E-state index contributed by atoms with van der Waals surface area (Å²) in [4.78, 5) is 11.8. The van der Waals surface area contributed by atoms with E-state index < -0.39 is 24.1 Å². The quantitative estimate of drug-likeness (QED) is 0.672. The molecule has 0 saturated heterocycles. The van der Waals surface area contributed by atoms with Gasteiger partial charge in [-0.2, -0.15) is 8.78 Å². The first-order valence-corrected chi connectivity index (χ1v) is 8.11. The lowest BCUT2D eigenvalue weighted by molar-refractivity contribution is -0.274. The third kappa shape index (κ3) is 6.11. The summed E-state index contributed by atoms with van der Waals surface area (Å²) < 4.78 is 72.5. The molecule has 0 atom stereocenters. The molecule has 0 radical (unpaired) electrons. The van der Waals surface area contributed by atoms with E-state index in [4.69, 9.17) is 0 Å². The molecule has 1 amide bonds. The molecule has 1 N–H and O–H groups in total. The number of alkyl halides is 5. The summed E-state index contributed by atoms with van der Waals surface area (Å²) in [6, 6.07) is 9.63. The Bertz CT molecular complexity index is 809. The Morgan fingerprint density at radius 1 is 0.786 bits per heavy atom. The third-order valence-electron chi connectivity index (χ3n) is 3.58. The van der Waals surface area contributed by atoms with Gasteiger partial charge >= 0.3 is 18.4 Å². The zero-order valence-corrected chi connectivity index (χ0v) is 15.2. The normalized spacial score (nSPS) is 12.4. The lowest BCUT2D eigenvalue weighted by Gasteiger charge is -2.21. The standard InChI is InChI=1S/C19H18F5NO3/c1-17(2,3)12-4-8-14(9-5-12)27-18(20,21)16(26)25-13-6-10-15(11-7-13)28-19(22,23)24/h4-11H,1-3H3,(H,25,26). The maximum atomic E-state index is 14.0. The smallest absolute Gasteiger partial charge is 0.425 e. The topological polar surface area (TPSA) is 47.6 Å². The molecule has 152 valence electrons. The Morgan fingerprint density at radius 3 is 1.71 bits per heavy atom. The lowest BCUT2D eigenvalue weighted by atomic mass is 9.87. The van der Waals surface area contributed by atoms with Gasteiger partial charge in [0.2, 0.25) is 0 Å². The van der Waals surface area contributed by atoms with Gasteiger partial charge in [-0.15, -0.1) is 13.2 Å². The van der Waals surface area contributed by atoms with Gasteiger partial charge < -0.3 is 14.8 Å². The van der Waals surface area contributed by atoms with Crippen molar-refractivity contribution in [1.82, 2.24) is 0 Å². The highest BCUT2D eigenvalue weighted by Crippen LogP contribution is 2.28. The number of halogens is 5. The van der Waals surface area contributed by atoms with Gasteiger partial charge in [0.15, 0.2) is 0 Å². The molecule has 0 spiro atoms. The molecule has 2 aromatic carbocycles. The summed E-state index contributed by atoms with van der Waals surface area (Å²) >= 11 is 0. The molecule has 0 aromatic heterocycles. The van der Waals surface area contributed by atoms with Crippen molar-refractivity contribution in [3.05, 3.63) is 54.1 Å². The second-order valence-electron chi connectivity index (χ2n) is 6.92. The SMILES string of the molecule is CC(C)(C)c1ccc(OC(F)(F)C(=O)Nc2ccc(OC(F)(F)F)cc2)cc1. The second kappa shape index (κ2) is 7.65. The average molecular weight is 403 g/mol. The Kier molecular flexibility index (Phi) is 5.86. The minimum absolute atomic E-state index is 0.147. The molecule has 9 heteroatoms. The van der Waals surface area contributed by atoms with Gasteiger partial charge in [-0.3, -0.25) is 4.79 Å². The van der Waals surface area contributed by atoms with Crippen LogP contribution in [0.5, 0.6) is 11.5 Å². The van der Waals surface area contributed by atoms with Crippen LogP contribution in [0, 0.1) is 0 Å². The van der Waals surface area contributed by atoms with Crippen LogP contribution in [0.3, 0.4) is 0 Å². The van der Waals surface area contributed by atoms with Crippen molar-refractivity contribution < 1.29 is 36.2 Å². The van der Waals surface area contributed by atoms with E-state index >= 15 is 0 Å². The summed E-state index contributed by atoms with van der Waals surface area (Å²) in [6.45, 7) is 5.86. The predicted octanol–water partition coefficient (Wildman–Crippen LogP) is 5.49. The summed E-state index contributed by atoms with van der Waals surface area (Å²) in [5.74, 6) is -2.52. The first-order chi connectivity index (χ1) is 12.8. The van der Waals surface area contributed by atoms with E-state index in [1.165, 1.54) is 12.1 Å². The van der Waals surface area contributed by atoms with Crippen molar-refractivity contribution >= 4 is 11.6 Å². The molecule has 2 aromatic rings. The summed E-state index contributed by atoms with van der Waals surface area (Å²) in [5, 5.41) is 1.88. The van der Waals surface area contributed by atoms with Crippen molar-refractivity contribution in [3.63, 3.8) is 0 Å². The number of benzene rings is 2. The first-order valence-electron chi connectivity index (χ1n) is 8.11. The van der Waals surface area contributed by atoms with Crippen molar-refractivity contribution in [2.24, 2.45) is 0 Å². The highest BCUT2D eigenvalue weighted by molar-refractivity contribution is 5.95. The molecule has 2 rings (SSSR count). The van der Waals surface area contributed by atoms with E-state index in [0.717, 1.165) is 29.8 Å². The van der Waals surface area contributed by atoms with Crippen LogP contribution in [0.1, 0.15) is 26.3 Å². The number of rotatable bonds is 5. The van der Waals surface area contributed by atoms with Crippen LogP contribution in [-0.4, -0.2) is 18.4 Å². The number of hydrogen-bond acceptors (Lipinski definition) is 3. The number of carbonyl (C=O) groups excluding carboxylic acids is 1. The zero-order chi connectivity index (χ0) is 21.2. The average Bonchev–Trinajstić information content (AvgIpc) is 2.54. The van der Waals surface area contributed by atoms with Gasteiger partial charge in [0.05, 0.1) is 0 Å². The van der Waals surface area contributed by atoms with Crippen molar-refractivity contribution in [2.45, 2.75) is 38.7 Å². The molecule has 0 saturated carbocycles. The zero-order valence-electron chi connectivity index (χ0n) is 15.2. The van der Waals surface area contributed by atoms with E-state index in [1.54, 1.807) is 12.1 Å². The molecular formula is C19H18F5NO3. The third-order valence-corrected chi connectivity index (χ3v) is 3.58. The second-order valence-corrected chi connectivity index (χ2v) is 6.92. The molecule has 0 aliphatic rings. The maximum Gasteiger partial charge on any atom is 0.573 e. The van der Waals surface area contributed by atoms with Crippen LogP contribution in [-0.2, 0) is 10.2 Å². The highest BCUT2D eigenvalue weighted by Gasteiger charge is 2.42. The van der Waals surface area contributed by atoms with Crippen LogP contribution in [0.15, 0.2) is 48.5 Å².